The van der Waals surface area contributed by atoms with Crippen molar-refractivity contribution in [2.45, 2.75) is 18.5 Å². The molecule has 0 saturated carbocycles. The molecule has 1 aromatic heterocycles. The third-order valence-electron chi connectivity index (χ3n) is 5.25. The zero-order valence-electron chi connectivity index (χ0n) is 15.9. The standard InChI is InChI=1S/C20H16Cl2F2N4O3/c21-12-1-2-13(23)16(17(12)22)20(3-4-25-8-20)27-10-5-11-18(14(24)6-10)26-9-28(19(11)31)7-15(29)30/h1-2,5-6,9,25,27H,3-4,7-8H2,(H,29,30). The first-order valence-electron chi connectivity index (χ1n) is 9.25. The summed E-state index contributed by atoms with van der Waals surface area (Å²) < 4.78 is 30.4. The summed E-state index contributed by atoms with van der Waals surface area (Å²) in [5, 5.41) is 15.3. The molecule has 31 heavy (non-hydrogen) atoms. The number of hydrogen-bond donors (Lipinski definition) is 3. The zero-order valence-corrected chi connectivity index (χ0v) is 17.4. The number of rotatable bonds is 5. The number of carboxylic acids is 1. The van der Waals surface area contributed by atoms with Crippen molar-refractivity contribution in [3.8, 4) is 0 Å². The van der Waals surface area contributed by atoms with E-state index in [1.807, 2.05) is 0 Å². The van der Waals surface area contributed by atoms with Crippen LogP contribution in [0.15, 0.2) is 35.4 Å². The second-order valence-corrected chi connectivity index (χ2v) is 8.06. The fourth-order valence-electron chi connectivity index (χ4n) is 3.87. The molecular formula is C20H16Cl2F2N4O3. The van der Waals surface area contributed by atoms with Crippen LogP contribution in [0.3, 0.4) is 0 Å². The molecule has 162 valence electrons. The van der Waals surface area contributed by atoms with E-state index in [1.165, 1.54) is 18.2 Å². The fraction of sp³-hybridized carbons (Fsp3) is 0.250. The predicted molar refractivity (Wildman–Crippen MR) is 113 cm³/mol. The van der Waals surface area contributed by atoms with Crippen molar-refractivity contribution in [1.82, 2.24) is 14.9 Å². The molecule has 1 fully saturated rings. The molecule has 2 heterocycles. The highest BCUT2D eigenvalue weighted by Crippen LogP contribution is 2.41. The number of carbonyl (C=O) groups is 1. The molecule has 7 nitrogen and oxygen atoms in total. The molecule has 3 N–H and O–H groups in total. The Morgan fingerprint density at radius 3 is 2.74 bits per heavy atom. The number of anilines is 1. The first-order chi connectivity index (χ1) is 14.7. The smallest absolute Gasteiger partial charge is 0.323 e. The highest BCUT2D eigenvalue weighted by atomic mass is 35.5. The predicted octanol–water partition coefficient (Wildman–Crippen LogP) is 3.37. The lowest BCUT2D eigenvalue weighted by Crippen LogP contribution is -2.39. The van der Waals surface area contributed by atoms with Crippen LogP contribution in [0.5, 0.6) is 0 Å². The number of fused-ring (bicyclic) bond motifs is 1. The van der Waals surface area contributed by atoms with E-state index in [0.717, 1.165) is 17.0 Å². The van der Waals surface area contributed by atoms with Crippen LogP contribution in [0.1, 0.15) is 12.0 Å². The summed E-state index contributed by atoms with van der Waals surface area (Å²) in [5.74, 6) is -2.59. The van der Waals surface area contributed by atoms with Crippen molar-refractivity contribution in [2.24, 2.45) is 0 Å². The van der Waals surface area contributed by atoms with Crippen LogP contribution < -0.4 is 16.2 Å². The third-order valence-corrected chi connectivity index (χ3v) is 6.05. The minimum atomic E-state index is -1.24. The Balaban J connectivity index is 1.85. The number of hydrogen-bond acceptors (Lipinski definition) is 5. The summed E-state index contributed by atoms with van der Waals surface area (Å²) in [6, 6.07) is 5.07. The molecule has 4 rings (SSSR count). The van der Waals surface area contributed by atoms with Crippen molar-refractivity contribution < 1.29 is 18.7 Å². The lowest BCUT2D eigenvalue weighted by Gasteiger charge is -2.33. The van der Waals surface area contributed by atoms with Gasteiger partial charge in [0.05, 0.1) is 27.3 Å². The summed E-state index contributed by atoms with van der Waals surface area (Å²) in [5.41, 5.74) is -1.62. The van der Waals surface area contributed by atoms with E-state index in [9.17, 15) is 18.4 Å². The van der Waals surface area contributed by atoms with Crippen molar-refractivity contribution in [2.75, 3.05) is 18.4 Å². The number of benzene rings is 2. The molecule has 1 aliphatic heterocycles. The Morgan fingerprint density at radius 2 is 2.06 bits per heavy atom. The number of halogens is 4. The maximum atomic E-state index is 14.8. The highest BCUT2D eigenvalue weighted by Gasteiger charge is 2.40. The quantitative estimate of drug-likeness (QED) is 0.496. The van der Waals surface area contributed by atoms with Gasteiger partial charge in [0.2, 0.25) is 0 Å². The van der Waals surface area contributed by atoms with E-state index < -0.39 is 35.2 Å². The van der Waals surface area contributed by atoms with Gasteiger partial charge in [0.1, 0.15) is 17.9 Å². The van der Waals surface area contributed by atoms with Crippen LogP contribution in [0.4, 0.5) is 14.5 Å². The normalized spacial score (nSPS) is 18.5. The summed E-state index contributed by atoms with van der Waals surface area (Å²) >= 11 is 12.4. The first kappa shape index (κ1) is 21.5. The van der Waals surface area contributed by atoms with Gasteiger partial charge in [-0.3, -0.25) is 14.2 Å². The van der Waals surface area contributed by atoms with Crippen molar-refractivity contribution >= 4 is 45.8 Å². The van der Waals surface area contributed by atoms with Gasteiger partial charge in [-0.05, 0) is 37.2 Å². The second-order valence-electron chi connectivity index (χ2n) is 7.28. The molecule has 0 amide bonds. The van der Waals surface area contributed by atoms with E-state index in [-0.39, 0.29) is 38.7 Å². The minimum absolute atomic E-state index is 0.0459. The lowest BCUT2D eigenvalue weighted by atomic mass is 9.87. The van der Waals surface area contributed by atoms with E-state index in [1.54, 1.807) is 0 Å². The van der Waals surface area contributed by atoms with Crippen LogP contribution >= 0.6 is 23.2 Å². The van der Waals surface area contributed by atoms with Crippen molar-refractivity contribution in [1.29, 1.82) is 0 Å². The van der Waals surface area contributed by atoms with Gasteiger partial charge in [-0.15, -0.1) is 0 Å². The molecule has 0 radical (unpaired) electrons. The summed E-state index contributed by atoms with van der Waals surface area (Å²) in [7, 11) is 0. The third kappa shape index (κ3) is 3.84. The molecular weight excluding hydrogens is 453 g/mol. The van der Waals surface area contributed by atoms with Gasteiger partial charge in [0.25, 0.3) is 5.56 Å². The number of aromatic nitrogens is 2. The molecule has 11 heteroatoms. The molecule has 1 aliphatic rings. The minimum Gasteiger partial charge on any atom is -0.480 e. The maximum absolute atomic E-state index is 14.8. The monoisotopic (exact) mass is 468 g/mol. The van der Waals surface area contributed by atoms with Gasteiger partial charge in [0, 0.05) is 17.8 Å². The average Bonchev–Trinajstić information content (AvgIpc) is 3.16. The Bertz CT molecular complexity index is 1260. The Morgan fingerprint density at radius 1 is 1.29 bits per heavy atom. The van der Waals surface area contributed by atoms with E-state index in [2.05, 4.69) is 15.6 Å². The molecule has 0 spiro atoms. The SMILES string of the molecule is O=C(O)Cn1cnc2c(F)cc(NC3(c4c(F)ccc(Cl)c4Cl)CCNC3)cc2c1=O. The molecule has 1 unspecified atom stereocenters. The van der Waals surface area contributed by atoms with Gasteiger partial charge < -0.3 is 15.7 Å². The van der Waals surface area contributed by atoms with Crippen LogP contribution in [0.25, 0.3) is 10.9 Å². The number of carboxylic acid groups (broad SMARTS) is 1. The molecule has 1 saturated heterocycles. The Hall–Kier alpha value is -2.75. The molecule has 2 aromatic carbocycles. The van der Waals surface area contributed by atoms with Gasteiger partial charge in [-0.1, -0.05) is 23.2 Å². The maximum Gasteiger partial charge on any atom is 0.323 e. The Labute approximate surface area is 184 Å². The topological polar surface area (TPSA) is 96.2 Å². The summed E-state index contributed by atoms with van der Waals surface area (Å²) in [6.45, 7) is 0.205. The van der Waals surface area contributed by atoms with Gasteiger partial charge in [-0.2, -0.15) is 0 Å². The molecule has 3 aromatic rings. The fourth-order valence-corrected chi connectivity index (χ4v) is 4.37. The summed E-state index contributed by atoms with van der Waals surface area (Å²) in [6.07, 6.45) is 1.40. The van der Waals surface area contributed by atoms with Gasteiger partial charge in [-0.25, -0.2) is 13.8 Å². The highest BCUT2D eigenvalue weighted by molar-refractivity contribution is 6.42. The lowest BCUT2D eigenvalue weighted by molar-refractivity contribution is -0.137. The van der Waals surface area contributed by atoms with Crippen LogP contribution in [0.2, 0.25) is 10.0 Å². The Kier molecular flexibility index (Phi) is 5.59. The van der Waals surface area contributed by atoms with Gasteiger partial charge >= 0.3 is 5.97 Å². The average molecular weight is 469 g/mol. The molecule has 0 aliphatic carbocycles. The molecule has 0 bridgehead atoms. The van der Waals surface area contributed by atoms with Crippen LogP contribution in [0, 0.1) is 11.6 Å². The zero-order chi connectivity index (χ0) is 22.3. The molecule has 1 atom stereocenters. The van der Waals surface area contributed by atoms with E-state index >= 15 is 0 Å². The van der Waals surface area contributed by atoms with Crippen molar-refractivity contribution in [3.05, 3.63) is 68.2 Å². The second kappa shape index (κ2) is 8.07. The van der Waals surface area contributed by atoms with E-state index in [4.69, 9.17) is 28.3 Å². The number of aliphatic carboxylic acids is 1. The van der Waals surface area contributed by atoms with Gasteiger partial charge in [0.15, 0.2) is 5.82 Å². The largest absolute Gasteiger partial charge is 0.480 e. The van der Waals surface area contributed by atoms with Crippen molar-refractivity contribution in [3.63, 3.8) is 0 Å². The first-order valence-corrected chi connectivity index (χ1v) is 10.0. The van der Waals surface area contributed by atoms with Crippen LogP contribution in [-0.2, 0) is 16.9 Å². The summed E-state index contributed by atoms with van der Waals surface area (Å²) in [4.78, 5) is 27.5. The number of nitrogens with one attached hydrogen (secondary N) is 2. The van der Waals surface area contributed by atoms with Crippen LogP contribution in [-0.4, -0.2) is 33.7 Å². The number of nitrogens with zero attached hydrogens (tertiary/aromatic N) is 2. The van der Waals surface area contributed by atoms with E-state index in [0.29, 0.717) is 13.0 Å².